The number of carbonyl (C=O) groups excluding carboxylic acids is 1. The van der Waals surface area contributed by atoms with Gasteiger partial charge in [0.25, 0.3) is 0 Å². The summed E-state index contributed by atoms with van der Waals surface area (Å²) < 4.78 is 5.02. The lowest BCUT2D eigenvalue weighted by Crippen LogP contribution is -2.48. The molecule has 2 aliphatic rings. The summed E-state index contributed by atoms with van der Waals surface area (Å²) in [5.74, 6) is 0. The Morgan fingerprint density at radius 2 is 1.74 bits per heavy atom. The molecule has 0 radical (unpaired) electrons. The number of ether oxygens (including phenoxy) is 1. The highest BCUT2D eigenvalue weighted by Crippen LogP contribution is 2.20. The molecular weight excluding hydrogens is 244 g/mol. The van der Waals surface area contributed by atoms with Gasteiger partial charge in [0.1, 0.15) is 0 Å². The van der Waals surface area contributed by atoms with Gasteiger partial charge in [-0.3, -0.25) is 0 Å². The zero-order valence-corrected chi connectivity index (χ0v) is 11.8. The van der Waals surface area contributed by atoms with Crippen molar-refractivity contribution >= 4 is 6.09 Å². The van der Waals surface area contributed by atoms with Crippen molar-refractivity contribution in [2.75, 3.05) is 19.7 Å². The molecule has 1 aliphatic carbocycles. The number of rotatable bonds is 3. The van der Waals surface area contributed by atoms with Gasteiger partial charge in [-0.15, -0.1) is 0 Å². The molecule has 2 fully saturated rings. The highest BCUT2D eigenvalue weighted by Gasteiger charge is 2.26. The maximum absolute atomic E-state index is 11.6. The normalized spacial score (nSPS) is 29.3. The molecule has 0 bridgehead atoms. The summed E-state index contributed by atoms with van der Waals surface area (Å²) in [6.45, 7) is 3.85. The van der Waals surface area contributed by atoms with Crippen LogP contribution in [-0.2, 0) is 4.74 Å². The van der Waals surface area contributed by atoms with E-state index in [1.165, 1.54) is 0 Å². The largest absolute Gasteiger partial charge is 0.450 e. The van der Waals surface area contributed by atoms with Gasteiger partial charge in [0.15, 0.2) is 0 Å². The van der Waals surface area contributed by atoms with Crippen LogP contribution in [-0.4, -0.2) is 54.0 Å². The first-order valence-electron chi connectivity index (χ1n) is 7.55. The standard InChI is InChI=1S/C14H26N2O3/c1-2-19-14(18)16-9-7-12(8-10-16)15-11-3-5-13(17)6-4-11/h11-13,15,17H,2-10H2,1H3. The molecule has 110 valence electrons. The third-order valence-electron chi connectivity index (χ3n) is 4.19. The number of nitrogens with one attached hydrogen (secondary N) is 1. The minimum Gasteiger partial charge on any atom is -0.450 e. The Morgan fingerprint density at radius 1 is 1.16 bits per heavy atom. The molecule has 1 heterocycles. The van der Waals surface area contributed by atoms with Crippen LogP contribution in [0, 0.1) is 0 Å². The number of carbonyl (C=O) groups is 1. The van der Waals surface area contributed by atoms with Crippen LogP contribution in [0.15, 0.2) is 0 Å². The summed E-state index contributed by atoms with van der Waals surface area (Å²) in [6, 6.07) is 1.05. The number of aliphatic hydroxyl groups is 1. The van der Waals surface area contributed by atoms with Crippen LogP contribution in [0.2, 0.25) is 0 Å². The molecular formula is C14H26N2O3. The molecule has 5 heteroatoms. The Bertz CT molecular complexity index is 282. The van der Waals surface area contributed by atoms with Crippen molar-refractivity contribution in [3.8, 4) is 0 Å². The summed E-state index contributed by atoms with van der Waals surface area (Å²) in [4.78, 5) is 13.4. The molecule has 0 aromatic carbocycles. The molecule has 1 aliphatic heterocycles. The van der Waals surface area contributed by atoms with Gasteiger partial charge in [0.05, 0.1) is 12.7 Å². The van der Waals surface area contributed by atoms with Crippen molar-refractivity contribution in [2.24, 2.45) is 0 Å². The number of hydrogen-bond acceptors (Lipinski definition) is 4. The molecule has 0 aromatic heterocycles. The van der Waals surface area contributed by atoms with Crippen LogP contribution in [0.1, 0.15) is 45.4 Å². The summed E-state index contributed by atoms with van der Waals surface area (Å²) in [6.07, 6.45) is 5.69. The lowest BCUT2D eigenvalue weighted by Gasteiger charge is -2.35. The van der Waals surface area contributed by atoms with E-state index in [9.17, 15) is 9.90 Å². The quantitative estimate of drug-likeness (QED) is 0.816. The SMILES string of the molecule is CCOC(=O)N1CCC(NC2CCC(O)CC2)CC1. The number of likely N-dealkylation sites (tertiary alicyclic amines) is 1. The molecule has 2 N–H and O–H groups in total. The number of aliphatic hydroxyl groups excluding tert-OH is 1. The zero-order chi connectivity index (χ0) is 13.7. The van der Waals surface area contributed by atoms with Crippen LogP contribution in [0.4, 0.5) is 4.79 Å². The molecule has 2 rings (SSSR count). The van der Waals surface area contributed by atoms with Crippen LogP contribution in [0.3, 0.4) is 0 Å². The third-order valence-corrected chi connectivity index (χ3v) is 4.19. The van der Waals surface area contributed by atoms with Gasteiger partial charge in [-0.2, -0.15) is 0 Å². The number of piperidine rings is 1. The van der Waals surface area contributed by atoms with E-state index in [0.717, 1.165) is 51.6 Å². The van der Waals surface area contributed by atoms with Gasteiger partial charge in [-0.1, -0.05) is 0 Å². The van der Waals surface area contributed by atoms with E-state index in [1.54, 1.807) is 4.90 Å². The second-order valence-electron chi connectivity index (χ2n) is 5.63. The molecule has 0 atom stereocenters. The van der Waals surface area contributed by atoms with E-state index >= 15 is 0 Å². The van der Waals surface area contributed by atoms with Crippen LogP contribution >= 0.6 is 0 Å². The maximum Gasteiger partial charge on any atom is 0.409 e. The Balaban J connectivity index is 1.67. The van der Waals surface area contributed by atoms with Crippen molar-refractivity contribution < 1.29 is 14.6 Å². The molecule has 1 saturated carbocycles. The first kappa shape index (κ1) is 14.6. The van der Waals surface area contributed by atoms with Gasteiger partial charge in [0, 0.05) is 25.2 Å². The second kappa shape index (κ2) is 7.10. The molecule has 5 nitrogen and oxygen atoms in total. The minimum atomic E-state index is -0.179. The number of amides is 1. The van der Waals surface area contributed by atoms with Crippen molar-refractivity contribution in [1.29, 1.82) is 0 Å². The molecule has 19 heavy (non-hydrogen) atoms. The van der Waals surface area contributed by atoms with Gasteiger partial charge in [-0.25, -0.2) is 4.79 Å². The monoisotopic (exact) mass is 270 g/mol. The Morgan fingerprint density at radius 3 is 2.32 bits per heavy atom. The highest BCUT2D eigenvalue weighted by molar-refractivity contribution is 5.67. The third kappa shape index (κ3) is 4.35. The van der Waals surface area contributed by atoms with Gasteiger partial charge in [0.2, 0.25) is 0 Å². The predicted octanol–water partition coefficient (Wildman–Crippen LogP) is 1.50. The average Bonchev–Trinajstić information content (AvgIpc) is 2.42. The molecule has 0 aromatic rings. The smallest absolute Gasteiger partial charge is 0.409 e. The lowest BCUT2D eigenvalue weighted by molar-refractivity contribution is 0.0887. The predicted molar refractivity (Wildman–Crippen MR) is 73.0 cm³/mol. The average molecular weight is 270 g/mol. The Hall–Kier alpha value is -0.810. The molecule has 1 saturated heterocycles. The van der Waals surface area contributed by atoms with E-state index in [0.29, 0.717) is 18.7 Å². The fourth-order valence-electron chi connectivity index (χ4n) is 3.02. The van der Waals surface area contributed by atoms with E-state index in [-0.39, 0.29) is 12.2 Å². The Labute approximate surface area is 115 Å². The summed E-state index contributed by atoms with van der Waals surface area (Å²) >= 11 is 0. The van der Waals surface area contributed by atoms with Crippen LogP contribution in [0.25, 0.3) is 0 Å². The zero-order valence-electron chi connectivity index (χ0n) is 11.8. The van der Waals surface area contributed by atoms with Crippen molar-refractivity contribution in [2.45, 2.75) is 63.6 Å². The van der Waals surface area contributed by atoms with Crippen molar-refractivity contribution in [3.63, 3.8) is 0 Å². The van der Waals surface area contributed by atoms with Crippen LogP contribution in [0.5, 0.6) is 0 Å². The number of nitrogens with zero attached hydrogens (tertiary/aromatic N) is 1. The maximum atomic E-state index is 11.6. The van der Waals surface area contributed by atoms with Crippen molar-refractivity contribution in [1.82, 2.24) is 10.2 Å². The molecule has 0 unspecified atom stereocenters. The fourth-order valence-corrected chi connectivity index (χ4v) is 3.02. The van der Waals surface area contributed by atoms with Gasteiger partial charge >= 0.3 is 6.09 Å². The Kier molecular flexibility index (Phi) is 5.45. The first-order valence-corrected chi connectivity index (χ1v) is 7.55. The highest BCUT2D eigenvalue weighted by atomic mass is 16.6. The topological polar surface area (TPSA) is 61.8 Å². The summed E-state index contributed by atoms with van der Waals surface area (Å²) in [5, 5.41) is 13.2. The first-order chi connectivity index (χ1) is 9.19. The lowest BCUT2D eigenvalue weighted by atomic mass is 9.91. The van der Waals surface area contributed by atoms with Gasteiger partial charge in [-0.05, 0) is 45.4 Å². The fraction of sp³-hybridized carbons (Fsp3) is 0.929. The van der Waals surface area contributed by atoms with Crippen molar-refractivity contribution in [3.05, 3.63) is 0 Å². The number of hydrogen-bond donors (Lipinski definition) is 2. The van der Waals surface area contributed by atoms with E-state index in [2.05, 4.69) is 5.32 Å². The molecule has 0 spiro atoms. The van der Waals surface area contributed by atoms with E-state index in [4.69, 9.17) is 4.74 Å². The summed E-state index contributed by atoms with van der Waals surface area (Å²) in [5.41, 5.74) is 0. The minimum absolute atomic E-state index is 0.0938. The van der Waals surface area contributed by atoms with E-state index in [1.807, 2.05) is 6.92 Å². The van der Waals surface area contributed by atoms with Crippen LogP contribution < -0.4 is 5.32 Å². The van der Waals surface area contributed by atoms with Gasteiger partial charge < -0.3 is 20.1 Å². The molecule has 1 amide bonds. The van der Waals surface area contributed by atoms with E-state index < -0.39 is 0 Å². The second-order valence-corrected chi connectivity index (χ2v) is 5.63. The summed E-state index contributed by atoms with van der Waals surface area (Å²) in [7, 11) is 0.